The Bertz CT molecular complexity index is 5450. The summed E-state index contributed by atoms with van der Waals surface area (Å²) in [4.78, 5) is 36.9. The van der Waals surface area contributed by atoms with Gasteiger partial charge in [0.2, 0.25) is 0 Å². The number of nitrogens with two attached hydrogens (primary N) is 1. The van der Waals surface area contributed by atoms with Gasteiger partial charge in [0.1, 0.15) is 109 Å². The standard InChI is InChI=1S/C25H28FN3O5S.C21H22FN3O6S.C18H21FN6O3.C18H23FN4O3.C2H6.ClH/c1-16-23(14-33-18(3)30)34-24(15-35(31,32)21-10-5-4-6-11-21)17(2)25(16)29-13-22(27-28-29)19-8-7-9-20(26)12-19;22-14-6-4-5-13(9-14)16-10-25(24-23-16)19-20(27)17(11-26)31-18(21(19)28)12-32(29,30)15-7-2-1-3-8-15;1-10-16(9-27-12(3)26)28-18(22-23-20)11(2)17(10)25-8-15(21-24-25)13-5-4-6-14(19)7-13;1-10-16(9-25-12(3)24)26-18(20)11(2)17(10)23-8-15(21-22-23)13-5-4-6-14(19)7-13;1-2;/h4-13,16-17,23-25H,14-15H2,1-3H3;1-10,17-21,26-28H,11-12H2;4-8,10-11,16-18H,9H2,1-3H3;4-8,10-11,16-18H,9,20H2,1-3H3;1-2H3;1H/t16-,17?,23?,24-,25-;17?,18-,19-,20-,21?;2*10-,11?,16?,17-,18+;;/m0000../s1. The Balaban J connectivity index is 0.000000187. The normalized spacial score (nSPS) is 25.9. The van der Waals surface area contributed by atoms with Crippen molar-refractivity contribution in [3.63, 3.8) is 0 Å². The summed E-state index contributed by atoms with van der Waals surface area (Å²) in [6.45, 7) is 19.3. The van der Waals surface area contributed by atoms with Crippen LogP contribution in [0.2, 0.25) is 0 Å². The van der Waals surface area contributed by atoms with Gasteiger partial charge in [-0.05, 0) is 78.3 Å². The molecule has 20 atom stereocenters. The number of azide groups is 1. The quantitative estimate of drug-likeness (QED) is 0.0122. The molecule has 0 saturated carbocycles. The third kappa shape index (κ3) is 24.4. The van der Waals surface area contributed by atoms with Gasteiger partial charge in [0.25, 0.3) is 0 Å². The van der Waals surface area contributed by atoms with Gasteiger partial charge in [-0.15, -0.1) is 32.8 Å². The molecule has 10 aromatic rings. The first-order valence-corrected chi connectivity index (χ1v) is 43.1. The number of aliphatic hydroxyl groups excluding tert-OH is 3. The molecule has 0 aliphatic carbocycles. The van der Waals surface area contributed by atoms with E-state index in [9.17, 15) is 64.1 Å². The highest BCUT2D eigenvalue weighted by molar-refractivity contribution is 7.91. The molecule has 5 N–H and O–H groups in total. The predicted octanol–water partition coefficient (Wildman–Crippen LogP) is 11.4. The van der Waals surface area contributed by atoms with Gasteiger partial charge in [-0.2, -0.15) is 0 Å². The molecule has 6 aromatic carbocycles. The van der Waals surface area contributed by atoms with Crippen molar-refractivity contribution in [1.82, 2.24) is 60.0 Å². The van der Waals surface area contributed by atoms with Gasteiger partial charge in [-0.25, -0.2) is 53.1 Å². The van der Waals surface area contributed by atoms with Crippen molar-refractivity contribution in [2.75, 3.05) is 37.9 Å². The van der Waals surface area contributed by atoms with E-state index in [1.165, 1.54) is 98.4 Å². The molecule has 33 nitrogen and oxygen atoms in total. The summed E-state index contributed by atoms with van der Waals surface area (Å²) in [6, 6.07) is 38.3. The number of rotatable bonds is 22. The summed E-state index contributed by atoms with van der Waals surface area (Å²) in [7, 11) is -7.46. The second-order valence-electron chi connectivity index (χ2n) is 30.1. The van der Waals surface area contributed by atoms with Crippen LogP contribution in [0, 0.1) is 58.8 Å². The molecule has 0 spiro atoms. The van der Waals surface area contributed by atoms with E-state index in [1.807, 2.05) is 55.4 Å². The van der Waals surface area contributed by atoms with E-state index in [1.54, 1.807) is 124 Å². The average molecular weight is 1780 g/mol. The first-order valence-electron chi connectivity index (χ1n) is 39.8. The van der Waals surface area contributed by atoms with Crippen LogP contribution in [-0.2, 0) is 67.2 Å². The highest BCUT2D eigenvalue weighted by Crippen LogP contribution is 2.43. The summed E-state index contributed by atoms with van der Waals surface area (Å²) in [5.41, 5.74) is 19.2. The molecule has 4 aliphatic heterocycles. The minimum atomic E-state index is -3.83. The molecule has 14 rings (SSSR count). The molecule has 4 aliphatic rings. The van der Waals surface area contributed by atoms with Crippen molar-refractivity contribution in [2.45, 2.75) is 171 Å². The predicted molar refractivity (Wildman–Crippen MR) is 445 cm³/mol. The molecule has 8 unspecified atom stereocenters. The molecular weight excluding hydrogens is 1680 g/mol. The lowest BCUT2D eigenvalue weighted by molar-refractivity contribution is -0.198. The highest BCUT2D eigenvalue weighted by atomic mass is 35.5. The molecule has 40 heteroatoms. The van der Waals surface area contributed by atoms with Crippen molar-refractivity contribution < 1.29 is 97.3 Å². The number of carbonyl (C=O) groups is 3. The fourth-order valence-corrected chi connectivity index (χ4v) is 18.4. The first kappa shape index (κ1) is 97.0. The molecule has 4 saturated heterocycles. The van der Waals surface area contributed by atoms with Crippen molar-refractivity contribution in [3.05, 3.63) is 216 Å². The lowest BCUT2D eigenvalue weighted by atomic mass is 9.81. The number of benzene rings is 6. The van der Waals surface area contributed by atoms with Crippen LogP contribution in [0.15, 0.2) is 197 Å². The fourth-order valence-electron chi connectivity index (χ4n) is 15.3. The Kier molecular flexibility index (Phi) is 34.6. The van der Waals surface area contributed by atoms with Gasteiger partial charge >= 0.3 is 17.9 Å². The second-order valence-corrected chi connectivity index (χ2v) is 34.2. The Morgan fingerprint density at radius 3 is 1.10 bits per heavy atom. The third-order valence-electron chi connectivity index (χ3n) is 21.8. The van der Waals surface area contributed by atoms with Crippen LogP contribution in [-0.4, -0.2) is 209 Å². The van der Waals surface area contributed by atoms with Gasteiger partial charge in [-0.3, -0.25) is 14.4 Å². The monoisotopic (exact) mass is 1780 g/mol. The third-order valence-corrected chi connectivity index (χ3v) is 25.3. The minimum Gasteiger partial charge on any atom is -0.463 e. The van der Waals surface area contributed by atoms with Gasteiger partial charge in [0.15, 0.2) is 19.7 Å². The molecular formula is C84H101ClF4N16O17S2. The number of aliphatic hydroxyl groups is 3. The Morgan fingerprint density at radius 1 is 0.444 bits per heavy atom. The maximum Gasteiger partial charge on any atom is 0.302 e. The summed E-state index contributed by atoms with van der Waals surface area (Å²) < 4.78 is 151. The molecule has 8 heterocycles. The number of aromatic nitrogens is 12. The zero-order valence-electron chi connectivity index (χ0n) is 69.7. The number of carbonyl (C=O) groups excluding carboxylic acids is 3. The van der Waals surface area contributed by atoms with Crippen LogP contribution in [0.1, 0.15) is 100 Å². The Morgan fingerprint density at radius 2 is 0.750 bits per heavy atom. The zero-order valence-corrected chi connectivity index (χ0v) is 72.1. The minimum absolute atomic E-state index is 0. The van der Waals surface area contributed by atoms with Crippen LogP contribution in [0.5, 0.6) is 0 Å². The van der Waals surface area contributed by atoms with Crippen LogP contribution < -0.4 is 5.73 Å². The molecule has 0 amide bonds. The van der Waals surface area contributed by atoms with E-state index >= 15 is 0 Å². The number of nitrogens with zero attached hydrogens (tertiary/aromatic N) is 15. The molecule has 4 aromatic heterocycles. The largest absolute Gasteiger partial charge is 0.463 e. The lowest BCUT2D eigenvalue weighted by Crippen LogP contribution is -2.57. The highest BCUT2D eigenvalue weighted by Gasteiger charge is 2.50. The Labute approximate surface area is 720 Å². The van der Waals surface area contributed by atoms with E-state index < -0.39 is 111 Å². The summed E-state index contributed by atoms with van der Waals surface area (Å²) in [5.74, 6) is -4.34. The van der Waals surface area contributed by atoms with Gasteiger partial charge in [0.05, 0.1) is 95.2 Å². The number of hydrogen-bond donors (Lipinski definition) is 4. The SMILES string of the molecule is CC.CC(=O)OCC1O[C@@H](CS(=O)(=O)c2ccccc2)C(C)[C@@H](n2cc(-c3cccc(F)c3)nn2)[C@H]1C.CC(=O)OCC1O[C@@H](N)C(C)[C@@H](n2cc(-c3cccc(F)c3)nn2)[C@H]1C.CC(=O)OCC1O[C@@H](N=[N+]=[N-])C(C)[C@@H](n2cc(-c3cccc(F)c3)nn2)[C@H]1C.Cl.O=S(=O)(C[C@@H]1OC(CO)[C@H](O)[C@H](n2cc(-c3cccc(F)c3)nn2)C1O)c1ccccc1. The van der Waals surface area contributed by atoms with Gasteiger partial charge < -0.3 is 54.2 Å². The van der Waals surface area contributed by atoms with Crippen molar-refractivity contribution in [1.29, 1.82) is 0 Å². The van der Waals surface area contributed by atoms with Crippen molar-refractivity contribution in [2.24, 2.45) is 46.4 Å². The molecule has 124 heavy (non-hydrogen) atoms. The van der Waals surface area contributed by atoms with Gasteiger partial charge in [0, 0.05) is 83.4 Å². The zero-order chi connectivity index (χ0) is 89.1. The van der Waals surface area contributed by atoms with Crippen molar-refractivity contribution >= 4 is 50.0 Å². The van der Waals surface area contributed by atoms with Crippen LogP contribution in [0.25, 0.3) is 55.5 Å². The van der Waals surface area contributed by atoms with E-state index in [0.717, 1.165) is 0 Å². The number of sulfone groups is 2. The maximum atomic E-state index is 13.7. The van der Waals surface area contributed by atoms with Crippen LogP contribution in [0.4, 0.5) is 17.6 Å². The Hall–Kier alpha value is -10.8. The smallest absolute Gasteiger partial charge is 0.302 e. The van der Waals surface area contributed by atoms with Crippen LogP contribution in [0.3, 0.4) is 0 Å². The molecule has 0 bridgehead atoms. The van der Waals surface area contributed by atoms with E-state index in [0.29, 0.717) is 45.0 Å². The van der Waals surface area contributed by atoms with Gasteiger partial charge in [-0.1, -0.05) is 166 Å². The maximum absolute atomic E-state index is 13.7. The number of ether oxygens (including phenoxy) is 7. The molecule has 0 radical (unpaired) electrons. The second kappa shape index (κ2) is 44.2. The average Bonchev–Trinajstić information content (AvgIpc) is 1.46. The first-order chi connectivity index (χ1) is 58.7. The topological polar surface area (TPSA) is 442 Å². The number of hydrogen-bond acceptors (Lipinski definition) is 27. The summed E-state index contributed by atoms with van der Waals surface area (Å²) in [5, 5.41) is 68.2. The van der Waals surface area contributed by atoms with Crippen LogP contribution >= 0.6 is 12.4 Å². The number of esters is 3. The molecule has 4 fully saturated rings. The summed E-state index contributed by atoms with van der Waals surface area (Å²) in [6.07, 6.45) is -1.90. The lowest BCUT2D eigenvalue weighted by Gasteiger charge is -2.44. The number of halogens is 5. The van der Waals surface area contributed by atoms with Crippen molar-refractivity contribution in [3.8, 4) is 45.0 Å². The van der Waals surface area contributed by atoms with E-state index in [-0.39, 0.29) is 131 Å². The fraction of sp³-hybridized carbons (Fsp3) is 0.440. The van der Waals surface area contributed by atoms with E-state index in [2.05, 4.69) is 51.3 Å². The van der Waals surface area contributed by atoms with E-state index in [4.69, 9.17) is 44.4 Å². The summed E-state index contributed by atoms with van der Waals surface area (Å²) >= 11 is 0. The molecule has 666 valence electrons.